The molecule has 0 fully saturated rings. The van der Waals surface area contributed by atoms with Crippen LogP contribution in [0.3, 0.4) is 0 Å². The maximum Gasteiger partial charge on any atom is 0.179 e. The Morgan fingerprint density at radius 2 is 2.08 bits per heavy atom. The molecule has 0 aliphatic carbocycles. The molecule has 7 heteroatoms. The second-order valence-electron chi connectivity index (χ2n) is 6.06. The van der Waals surface area contributed by atoms with Crippen LogP contribution in [-0.2, 0) is 4.79 Å². The van der Waals surface area contributed by atoms with Crippen LogP contribution in [0.1, 0.15) is 45.7 Å². The molecule has 0 aromatic heterocycles. The van der Waals surface area contributed by atoms with Crippen LogP contribution in [0.4, 0.5) is 0 Å². The van der Waals surface area contributed by atoms with Gasteiger partial charge in [0.25, 0.3) is 0 Å². The van der Waals surface area contributed by atoms with Crippen molar-refractivity contribution in [2.45, 2.75) is 40.2 Å². The van der Waals surface area contributed by atoms with Gasteiger partial charge in [0.1, 0.15) is 0 Å². The molecule has 1 aliphatic rings. The predicted molar refractivity (Wildman–Crippen MR) is 108 cm³/mol. The van der Waals surface area contributed by atoms with Crippen LogP contribution in [0.15, 0.2) is 23.4 Å². The van der Waals surface area contributed by atoms with E-state index in [1.807, 2.05) is 24.8 Å². The lowest BCUT2D eigenvalue weighted by Gasteiger charge is -2.37. The summed E-state index contributed by atoms with van der Waals surface area (Å²) in [6.45, 7) is 8.69. The maximum absolute atomic E-state index is 12.4. The van der Waals surface area contributed by atoms with Gasteiger partial charge in [0, 0.05) is 17.8 Å². The van der Waals surface area contributed by atoms with Crippen LogP contribution in [0.5, 0.6) is 11.5 Å². The Bertz CT molecular complexity index is 749. The first-order chi connectivity index (χ1) is 12.3. The number of hydrogen-bond acceptors (Lipinski definition) is 4. The van der Waals surface area contributed by atoms with Crippen molar-refractivity contribution in [3.63, 3.8) is 0 Å². The number of ketones is 1. The highest BCUT2D eigenvalue weighted by Gasteiger charge is 2.32. The summed E-state index contributed by atoms with van der Waals surface area (Å²) in [7, 11) is 1.56. The fourth-order valence-corrected chi connectivity index (χ4v) is 3.79. The number of rotatable bonds is 7. The molecule has 1 atom stereocenters. The van der Waals surface area contributed by atoms with Crippen LogP contribution >= 0.6 is 23.8 Å². The normalized spacial score (nSPS) is 17.2. The minimum absolute atomic E-state index is 0.00687. The first kappa shape index (κ1) is 20.5. The van der Waals surface area contributed by atoms with Gasteiger partial charge in [-0.25, -0.2) is 0 Å². The average Bonchev–Trinajstić information content (AvgIpc) is 2.59. The van der Waals surface area contributed by atoms with E-state index < -0.39 is 0 Å². The van der Waals surface area contributed by atoms with E-state index in [-0.39, 0.29) is 11.8 Å². The predicted octanol–water partition coefficient (Wildman–Crippen LogP) is 4.25. The van der Waals surface area contributed by atoms with E-state index in [2.05, 4.69) is 12.2 Å². The van der Waals surface area contributed by atoms with E-state index in [1.165, 1.54) is 0 Å². The average molecular weight is 397 g/mol. The number of nitrogens with one attached hydrogen (secondary N) is 1. The molecule has 0 amide bonds. The number of hydrogen-bond donors (Lipinski definition) is 1. The number of carbonyl (C=O) groups is 1. The second-order valence-corrected chi connectivity index (χ2v) is 6.85. The van der Waals surface area contributed by atoms with Crippen molar-refractivity contribution in [2.24, 2.45) is 0 Å². The number of benzene rings is 1. The minimum atomic E-state index is -0.379. The number of allylic oxidation sites excluding steroid dienone is 1. The van der Waals surface area contributed by atoms with E-state index >= 15 is 0 Å². The third-order valence-corrected chi connectivity index (χ3v) is 4.92. The first-order valence-corrected chi connectivity index (χ1v) is 9.44. The summed E-state index contributed by atoms with van der Waals surface area (Å²) >= 11 is 11.9. The molecule has 26 heavy (non-hydrogen) atoms. The van der Waals surface area contributed by atoms with Crippen molar-refractivity contribution in [1.82, 2.24) is 10.2 Å². The van der Waals surface area contributed by atoms with Gasteiger partial charge < -0.3 is 19.7 Å². The third kappa shape index (κ3) is 3.96. The van der Waals surface area contributed by atoms with Gasteiger partial charge in [0.15, 0.2) is 22.4 Å². The van der Waals surface area contributed by atoms with Gasteiger partial charge in [-0.1, -0.05) is 18.5 Å². The zero-order valence-electron chi connectivity index (χ0n) is 15.8. The van der Waals surface area contributed by atoms with Gasteiger partial charge in [-0.2, -0.15) is 0 Å². The Kier molecular flexibility index (Phi) is 6.89. The maximum atomic E-state index is 12.4. The summed E-state index contributed by atoms with van der Waals surface area (Å²) in [6, 6.07) is 3.25. The van der Waals surface area contributed by atoms with Crippen molar-refractivity contribution in [3.05, 3.63) is 34.0 Å². The van der Waals surface area contributed by atoms with E-state index in [1.54, 1.807) is 20.1 Å². The van der Waals surface area contributed by atoms with Crippen LogP contribution in [-0.4, -0.2) is 36.1 Å². The van der Waals surface area contributed by atoms with Gasteiger partial charge >= 0.3 is 0 Å². The fourth-order valence-electron chi connectivity index (χ4n) is 3.17. The molecular weight excluding hydrogens is 372 g/mol. The molecule has 1 aliphatic heterocycles. The number of methoxy groups -OCH3 is 1. The Labute approximate surface area is 165 Å². The number of carbonyl (C=O) groups excluding carboxylic acids is 1. The van der Waals surface area contributed by atoms with Crippen molar-refractivity contribution in [2.75, 3.05) is 20.3 Å². The molecule has 0 spiro atoms. The largest absolute Gasteiger partial charge is 0.493 e. The number of nitrogens with zero attached hydrogens (tertiary/aromatic N) is 1. The smallest absolute Gasteiger partial charge is 0.179 e. The lowest BCUT2D eigenvalue weighted by molar-refractivity contribution is -0.114. The molecule has 1 unspecified atom stereocenters. The summed E-state index contributed by atoms with van der Waals surface area (Å²) in [6.07, 6.45) is 0.928. The van der Waals surface area contributed by atoms with E-state index in [9.17, 15) is 4.79 Å². The molecule has 1 aromatic rings. The standard InChI is InChI=1S/C19H25ClN2O3S/c1-6-8-22-11(3)16(12(4)23)17(21-19(22)26)13-9-14(20)18(25-7-2)15(10-13)24-5/h9-10,17H,6-8H2,1-5H3,(H,21,26). The summed E-state index contributed by atoms with van der Waals surface area (Å²) in [5.41, 5.74) is 2.35. The highest BCUT2D eigenvalue weighted by molar-refractivity contribution is 7.80. The molecule has 0 radical (unpaired) electrons. The summed E-state index contributed by atoms with van der Waals surface area (Å²) in [5, 5.41) is 4.32. The van der Waals surface area contributed by atoms with Crippen molar-refractivity contribution < 1.29 is 14.3 Å². The van der Waals surface area contributed by atoms with Crippen LogP contribution in [0, 0.1) is 0 Å². The summed E-state index contributed by atoms with van der Waals surface area (Å²) in [4.78, 5) is 14.4. The zero-order valence-corrected chi connectivity index (χ0v) is 17.4. The van der Waals surface area contributed by atoms with Gasteiger partial charge in [-0.3, -0.25) is 4.79 Å². The van der Waals surface area contributed by atoms with Crippen LogP contribution in [0.25, 0.3) is 0 Å². The Morgan fingerprint density at radius 1 is 1.38 bits per heavy atom. The summed E-state index contributed by atoms with van der Waals surface area (Å²) in [5.74, 6) is 1.02. The van der Waals surface area contributed by atoms with E-state index in [4.69, 9.17) is 33.3 Å². The first-order valence-electron chi connectivity index (χ1n) is 8.65. The molecule has 2 rings (SSSR count). The van der Waals surface area contributed by atoms with Crippen molar-refractivity contribution >= 4 is 34.7 Å². The topological polar surface area (TPSA) is 50.8 Å². The monoisotopic (exact) mass is 396 g/mol. The number of ether oxygens (including phenoxy) is 2. The molecule has 1 N–H and O–H groups in total. The number of halogens is 1. The third-order valence-electron chi connectivity index (χ3n) is 4.30. The Balaban J connectivity index is 2.57. The molecule has 142 valence electrons. The molecule has 1 aromatic carbocycles. The van der Waals surface area contributed by atoms with Crippen molar-refractivity contribution in [3.8, 4) is 11.5 Å². The van der Waals surface area contributed by atoms with Gasteiger partial charge in [0.2, 0.25) is 0 Å². The van der Waals surface area contributed by atoms with E-state index in [0.717, 1.165) is 24.2 Å². The fraction of sp³-hybridized carbons (Fsp3) is 0.474. The minimum Gasteiger partial charge on any atom is -0.493 e. The Morgan fingerprint density at radius 3 is 2.62 bits per heavy atom. The molecule has 5 nitrogen and oxygen atoms in total. The molecule has 0 bridgehead atoms. The highest BCUT2D eigenvalue weighted by atomic mass is 35.5. The summed E-state index contributed by atoms with van der Waals surface area (Å²) < 4.78 is 11.0. The lowest BCUT2D eigenvalue weighted by atomic mass is 9.92. The SMILES string of the molecule is CCCN1C(=S)NC(c2cc(Cl)c(OCC)c(OC)c2)C(C(C)=O)=C1C. The molecule has 0 saturated carbocycles. The van der Waals surface area contributed by atoms with Crippen molar-refractivity contribution in [1.29, 1.82) is 0 Å². The van der Waals surface area contributed by atoms with Gasteiger partial charge in [-0.05, 0) is 57.1 Å². The second kappa shape index (κ2) is 8.73. The quantitative estimate of drug-likeness (QED) is 0.695. The Hall–Kier alpha value is -1.79. The molecule has 1 heterocycles. The molecule has 0 saturated heterocycles. The highest BCUT2D eigenvalue weighted by Crippen LogP contribution is 2.40. The number of thiocarbonyl (C=S) groups is 1. The van der Waals surface area contributed by atoms with Gasteiger partial charge in [0.05, 0.1) is 24.8 Å². The van der Waals surface area contributed by atoms with Gasteiger partial charge in [-0.15, -0.1) is 0 Å². The van der Waals surface area contributed by atoms with Crippen LogP contribution < -0.4 is 14.8 Å². The zero-order chi connectivity index (χ0) is 19.4. The van der Waals surface area contributed by atoms with Crippen LogP contribution in [0.2, 0.25) is 5.02 Å². The number of Topliss-reactive ketones (excluding diaryl/α,β-unsaturated/α-hetero) is 1. The lowest BCUT2D eigenvalue weighted by Crippen LogP contribution is -2.47. The molecular formula is C19H25ClN2O3S. The van der Waals surface area contributed by atoms with E-state index in [0.29, 0.717) is 33.8 Å².